The van der Waals surface area contributed by atoms with Gasteiger partial charge in [0.25, 0.3) is 0 Å². The van der Waals surface area contributed by atoms with Crippen molar-refractivity contribution in [2.45, 2.75) is 18.7 Å². The number of ether oxygens (including phenoxy) is 2. The summed E-state index contributed by atoms with van der Waals surface area (Å²) >= 11 is 1.32. The molecule has 3 aromatic carbocycles. The van der Waals surface area contributed by atoms with E-state index in [0.717, 1.165) is 17.0 Å². The smallest absolute Gasteiger partial charge is 0.234 e. The van der Waals surface area contributed by atoms with Gasteiger partial charge in [0.05, 0.1) is 12.9 Å². The van der Waals surface area contributed by atoms with Crippen LogP contribution in [0.15, 0.2) is 84.0 Å². The van der Waals surface area contributed by atoms with E-state index in [9.17, 15) is 4.79 Å². The first-order chi connectivity index (χ1) is 16.1. The van der Waals surface area contributed by atoms with Crippen LogP contribution in [0.5, 0.6) is 11.5 Å². The first-order valence-electron chi connectivity index (χ1n) is 10.4. The first-order valence-corrected chi connectivity index (χ1v) is 11.4. The van der Waals surface area contributed by atoms with Gasteiger partial charge in [-0.15, -0.1) is 10.2 Å². The first kappa shape index (κ1) is 22.4. The van der Waals surface area contributed by atoms with E-state index in [-0.39, 0.29) is 18.3 Å². The summed E-state index contributed by atoms with van der Waals surface area (Å²) < 4.78 is 13.0. The average molecular weight is 461 g/mol. The molecule has 1 amide bonds. The fourth-order valence-corrected chi connectivity index (χ4v) is 3.90. The molecule has 0 atom stereocenters. The number of nitrogens with one attached hydrogen (secondary N) is 1. The molecule has 1 aromatic heterocycles. The Hall–Kier alpha value is -3.78. The summed E-state index contributed by atoms with van der Waals surface area (Å²) in [6, 6.07) is 24.9. The molecule has 0 aliphatic rings. The predicted molar refractivity (Wildman–Crippen MR) is 129 cm³/mol. The van der Waals surface area contributed by atoms with E-state index in [1.165, 1.54) is 11.8 Å². The van der Waals surface area contributed by atoms with Crippen LogP contribution >= 0.6 is 11.8 Å². The van der Waals surface area contributed by atoms with Crippen molar-refractivity contribution in [2.75, 3.05) is 18.2 Å². The fourth-order valence-electron chi connectivity index (χ4n) is 3.13. The number of carbonyl (C=O) groups is 1. The van der Waals surface area contributed by atoms with Gasteiger partial charge in [0, 0.05) is 17.4 Å². The zero-order chi connectivity index (χ0) is 23.0. The molecular formula is C25H24N4O3S. The number of aryl methyl sites for hydroxylation is 1. The minimum atomic E-state index is -0.145. The Bertz CT molecular complexity index is 1210. The normalized spacial score (nSPS) is 10.6. The van der Waals surface area contributed by atoms with Gasteiger partial charge in [-0.1, -0.05) is 53.7 Å². The lowest BCUT2D eigenvalue weighted by molar-refractivity contribution is -0.113. The number of anilines is 1. The van der Waals surface area contributed by atoms with Crippen LogP contribution in [0.1, 0.15) is 11.4 Å². The minimum absolute atomic E-state index is 0.145. The Labute approximate surface area is 196 Å². The molecule has 1 N–H and O–H groups in total. The molecule has 168 valence electrons. The van der Waals surface area contributed by atoms with Crippen LogP contribution in [0.25, 0.3) is 5.69 Å². The van der Waals surface area contributed by atoms with Crippen LogP contribution in [-0.4, -0.2) is 33.5 Å². The number of aromatic nitrogens is 3. The number of rotatable bonds is 9. The predicted octanol–water partition coefficient (Wildman–Crippen LogP) is 4.89. The molecule has 33 heavy (non-hydrogen) atoms. The highest BCUT2D eigenvalue weighted by molar-refractivity contribution is 7.99. The number of hydrogen-bond donors (Lipinski definition) is 1. The lowest BCUT2D eigenvalue weighted by Crippen LogP contribution is -2.14. The van der Waals surface area contributed by atoms with Gasteiger partial charge in [-0.05, 0) is 43.3 Å². The second kappa shape index (κ2) is 10.7. The lowest BCUT2D eigenvalue weighted by Gasteiger charge is -2.12. The Kier molecular flexibility index (Phi) is 7.26. The van der Waals surface area contributed by atoms with Crippen LogP contribution in [0.4, 0.5) is 5.69 Å². The minimum Gasteiger partial charge on any atom is -0.497 e. The Morgan fingerprint density at radius 2 is 1.73 bits per heavy atom. The summed E-state index contributed by atoms with van der Waals surface area (Å²) in [7, 11) is 1.59. The van der Waals surface area contributed by atoms with Crippen LogP contribution < -0.4 is 14.8 Å². The van der Waals surface area contributed by atoms with Crippen molar-refractivity contribution in [3.05, 3.63) is 90.3 Å². The number of amides is 1. The summed E-state index contributed by atoms with van der Waals surface area (Å²) in [4.78, 5) is 12.5. The molecule has 0 unspecified atom stereocenters. The van der Waals surface area contributed by atoms with Crippen molar-refractivity contribution in [3.63, 3.8) is 0 Å². The topological polar surface area (TPSA) is 78.3 Å². The Balaban J connectivity index is 1.50. The molecule has 1 heterocycles. The lowest BCUT2D eigenvalue weighted by atomic mass is 10.2. The van der Waals surface area contributed by atoms with Crippen molar-refractivity contribution in [3.8, 4) is 17.2 Å². The summed E-state index contributed by atoms with van der Waals surface area (Å²) in [5.74, 6) is 2.12. The van der Waals surface area contributed by atoms with Crippen LogP contribution in [0, 0.1) is 6.92 Å². The van der Waals surface area contributed by atoms with Gasteiger partial charge in [-0.3, -0.25) is 9.36 Å². The highest BCUT2D eigenvalue weighted by Crippen LogP contribution is 2.24. The van der Waals surface area contributed by atoms with E-state index in [1.807, 2.05) is 84.3 Å². The third-order valence-corrected chi connectivity index (χ3v) is 5.72. The van der Waals surface area contributed by atoms with Gasteiger partial charge >= 0.3 is 0 Å². The van der Waals surface area contributed by atoms with Gasteiger partial charge in [0.2, 0.25) is 5.91 Å². The summed E-state index contributed by atoms with van der Waals surface area (Å²) in [6.07, 6.45) is 0. The molecule has 8 heteroatoms. The molecule has 0 fully saturated rings. The van der Waals surface area contributed by atoms with Gasteiger partial charge in [0.1, 0.15) is 18.1 Å². The van der Waals surface area contributed by atoms with Gasteiger partial charge in [-0.2, -0.15) is 0 Å². The fraction of sp³-hybridized carbons (Fsp3) is 0.160. The second-order valence-corrected chi connectivity index (χ2v) is 8.18. The highest BCUT2D eigenvalue weighted by atomic mass is 32.2. The molecule has 0 bridgehead atoms. The molecule has 0 saturated heterocycles. The molecular weight excluding hydrogens is 436 g/mol. The van der Waals surface area contributed by atoms with Crippen molar-refractivity contribution in [2.24, 2.45) is 0 Å². The van der Waals surface area contributed by atoms with Crippen LogP contribution in [-0.2, 0) is 11.4 Å². The van der Waals surface area contributed by atoms with Crippen molar-refractivity contribution in [1.29, 1.82) is 0 Å². The molecule has 7 nitrogen and oxygen atoms in total. The molecule has 0 aliphatic heterocycles. The highest BCUT2D eigenvalue weighted by Gasteiger charge is 2.17. The summed E-state index contributed by atoms with van der Waals surface area (Å²) in [5, 5.41) is 12.2. The van der Waals surface area contributed by atoms with Gasteiger partial charge in [-0.25, -0.2) is 0 Å². The van der Waals surface area contributed by atoms with Crippen LogP contribution in [0.2, 0.25) is 0 Å². The second-order valence-electron chi connectivity index (χ2n) is 7.24. The molecule has 4 aromatic rings. The molecule has 0 saturated carbocycles. The van der Waals surface area contributed by atoms with E-state index >= 15 is 0 Å². The van der Waals surface area contributed by atoms with Crippen molar-refractivity contribution < 1.29 is 14.3 Å². The van der Waals surface area contributed by atoms with E-state index < -0.39 is 0 Å². The standard InChI is InChI=1S/C25H24N4O3S/c1-18-11-13-20(14-12-18)29-23(16-32-21-8-4-3-5-9-21)27-28-25(29)33-17-24(30)26-19-7-6-10-22(15-19)31-2/h3-15H,16-17H2,1-2H3,(H,26,30). The number of carbonyl (C=O) groups excluding carboxylic acids is 1. The monoisotopic (exact) mass is 460 g/mol. The third kappa shape index (κ3) is 5.93. The Morgan fingerprint density at radius 1 is 0.970 bits per heavy atom. The largest absolute Gasteiger partial charge is 0.497 e. The maximum absolute atomic E-state index is 12.5. The van der Waals surface area contributed by atoms with Crippen molar-refractivity contribution in [1.82, 2.24) is 14.8 Å². The molecule has 0 spiro atoms. The van der Waals surface area contributed by atoms with E-state index in [1.54, 1.807) is 13.2 Å². The maximum atomic E-state index is 12.5. The Morgan fingerprint density at radius 3 is 2.48 bits per heavy atom. The maximum Gasteiger partial charge on any atom is 0.234 e. The van der Waals surface area contributed by atoms with Crippen LogP contribution in [0.3, 0.4) is 0 Å². The zero-order valence-electron chi connectivity index (χ0n) is 18.4. The van der Waals surface area contributed by atoms with Crippen molar-refractivity contribution >= 4 is 23.4 Å². The number of hydrogen-bond acceptors (Lipinski definition) is 6. The van der Waals surface area contributed by atoms with E-state index in [0.29, 0.717) is 22.4 Å². The van der Waals surface area contributed by atoms with E-state index in [4.69, 9.17) is 9.47 Å². The molecule has 0 aliphatic carbocycles. The van der Waals surface area contributed by atoms with Gasteiger partial charge in [0.15, 0.2) is 11.0 Å². The third-order valence-electron chi connectivity index (χ3n) is 4.79. The number of thioether (sulfide) groups is 1. The zero-order valence-corrected chi connectivity index (χ0v) is 19.2. The van der Waals surface area contributed by atoms with Gasteiger partial charge < -0.3 is 14.8 Å². The number of nitrogens with zero attached hydrogens (tertiary/aromatic N) is 3. The molecule has 0 radical (unpaired) electrons. The molecule has 4 rings (SSSR count). The number of para-hydroxylation sites is 1. The number of methoxy groups -OCH3 is 1. The number of benzene rings is 3. The van der Waals surface area contributed by atoms with E-state index in [2.05, 4.69) is 15.5 Å². The SMILES string of the molecule is COc1cccc(NC(=O)CSc2nnc(COc3ccccc3)n2-c2ccc(C)cc2)c1. The summed E-state index contributed by atoms with van der Waals surface area (Å²) in [6.45, 7) is 2.29. The quantitative estimate of drug-likeness (QED) is 0.358. The average Bonchev–Trinajstić information content (AvgIpc) is 3.25. The summed E-state index contributed by atoms with van der Waals surface area (Å²) in [5.41, 5.74) is 2.74.